The Bertz CT molecular complexity index is 1250. The van der Waals surface area contributed by atoms with Crippen LogP contribution in [0.1, 0.15) is 13.3 Å². The number of para-hydroxylation sites is 1. The molecule has 1 atom stereocenters. The molecular formula is C23H21ClFN5. The molecule has 1 unspecified atom stereocenters. The molecule has 0 saturated carbocycles. The lowest BCUT2D eigenvalue weighted by molar-refractivity contribution is 0.525. The number of H-pyrrole nitrogens is 1. The van der Waals surface area contributed by atoms with Gasteiger partial charge in [0.1, 0.15) is 11.3 Å². The second-order valence-corrected chi connectivity index (χ2v) is 8.58. The molecule has 1 aliphatic rings. The van der Waals surface area contributed by atoms with Gasteiger partial charge >= 0.3 is 0 Å². The van der Waals surface area contributed by atoms with Crippen LogP contribution in [0.4, 0.5) is 10.1 Å². The zero-order valence-electron chi connectivity index (χ0n) is 16.5. The first-order chi connectivity index (χ1) is 14.4. The van der Waals surface area contributed by atoms with Gasteiger partial charge in [0, 0.05) is 41.6 Å². The Labute approximate surface area is 178 Å². The van der Waals surface area contributed by atoms with Gasteiger partial charge in [-0.1, -0.05) is 29.8 Å². The summed E-state index contributed by atoms with van der Waals surface area (Å²) in [5.41, 5.74) is 10.8. The normalized spacial score (nSPS) is 19.0. The van der Waals surface area contributed by atoms with Crippen LogP contribution in [-0.2, 0) is 0 Å². The number of imidazole rings is 1. The maximum absolute atomic E-state index is 14.3. The third-order valence-electron chi connectivity index (χ3n) is 5.59. The Hall–Kier alpha value is -2.96. The molecular weight excluding hydrogens is 401 g/mol. The van der Waals surface area contributed by atoms with E-state index in [1.54, 1.807) is 12.3 Å². The fraction of sp³-hybridized carbons (Fsp3) is 0.217. The summed E-state index contributed by atoms with van der Waals surface area (Å²) in [6, 6.07) is 12.6. The van der Waals surface area contributed by atoms with E-state index in [1.165, 1.54) is 6.07 Å². The smallest absolute Gasteiger partial charge is 0.151 e. The number of nitrogens with two attached hydrogens (primary N) is 1. The number of hydrogen-bond donors (Lipinski definition) is 2. The van der Waals surface area contributed by atoms with E-state index in [1.807, 2.05) is 36.5 Å². The molecule has 7 heteroatoms. The number of nitrogens with zero attached hydrogens (tertiary/aromatic N) is 3. The molecule has 0 spiro atoms. The largest absolute Gasteiger partial charge is 0.368 e. The fourth-order valence-electron chi connectivity index (χ4n) is 4.14. The number of benzene rings is 2. The first-order valence-electron chi connectivity index (χ1n) is 9.84. The van der Waals surface area contributed by atoms with Crippen molar-refractivity contribution in [3.05, 3.63) is 65.7 Å². The number of rotatable bonds is 3. The van der Waals surface area contributed by atoms with E-state index in [0.29, 0.717) is 28.4 Å². The molecule has 0 amide bonds. The van der Waals surface area contributed by atoms with Crippen LogP contribution >= 0.6 is 11.6 Å². The van der Waals surface area contributed by atoms with Crippen molar-refractivity contribution in [2.24, 2.45) is 5.73 Å². The monoisotopic (exact) mass is 421 g/mol. The Morgan fingerprint density at radius 1 is 1.17 bits per heavy atom. The van der Waals surface area contributed by atoms with E-state index < -0.39 is 0 Å². The van der Waals surface area contributed by atoms with E-state index in [2.05, 4.69) is 26.8 Å². The van der Waals surface area contributed by atoms with E-state index in [-0.39, 0.29) is 11.4 Å². The van der Waals surface area contributed by atoms with Gasteiger partial charge in [-0.05, 0) is 43.2 Å². The zero-order valence-corrected chi connectivity index (χ0v) is 17.2. The average Bonchev–Trinajstić information content (AvgIpc) is 3.31. The maximum Gasteiger partial charge on any atom is 0.151 e. The first-order valence-corrected chi connectivity index (χ1v) is 10.2. The molecule has 0 radical (unpaired) electrons. The number of hydrogen-bond acceptors (Lipinski definition) is 4. The topological polar surface area (TPSA) is 70.8 Å². The van der Waals surface area contributed by atoms with Crippen molar-refractivity contribution >= 4 is 28.3 Å². The summed E-state index contributed by atoms with van der Waals surface area (Å²) in [6.07, 6.45) is 4.48. The Kier molecular flexibility index (Phi) is 4.49. The predicted molar refractivity (Wildman–Crippen MR) is 119 cm³/mol. The number of nitrogens with one attached hydrogen (secondary N) is 1. The molecule has 30 heavy (non-hydrogen) atoms. The van der Waals surface area contributed by atoms with Crippen molar-refractivity contribution in [2.75, 3.05) is 18.0 Å². The molecule has 4 aromatic rings. The molecule has 1 fully saturated rings. The lowest BCUT2D eigenvalue weighted by Crippen LogP contribution is -2.39. The first kappa shape index (κ1) is 19.0. The maximum atomic E-state index is 14.3. The highest BCUT2D eigenvalue weighted by Gasteiger charge is 2.33. The van der Waals surface area contributed by atoms with E-state index >= 15 is 0 Å². The van der Waals surface area contributed by atoms with Crippen LogP contribution in [0.5, 0.6) is 0 Å². The van der Waals surface area contributed by atoms with Crippen molar-refractivity contribution in [1.82, 2.24) is 15.0 Å². The van der Waals surface area contributed by atoms with Crippen molar-refractivity contribution in [3.63, 3.8) is 0 Å². The minimum Gasteiger partial charge on any atom is -0.368 e. The number of fused-ring (bicyclic) bond motifs is 1. The molecule has 3 N–H and O–H groups in total. The predicted octanol–water partition coefficient (Wildman–Crippen LogP) is 5.01. The summed E-state index contributed by atoms with van der Waals surface area (Å²) < 4.78 is 14.3. The lowest BCUT2D eigenvalue weighted by Gasteiger charge is -2.26. The minimum atomic E-state index is -0.355. The number of aromatic nitrogens is 3. The van der Waals surface area contributed by atoms with Gasteiger partial charge in [0.05, 0.1) is 16.8 Å². The molecule has 5 nitrogen and oxygen atoms in total. The quantitative estimate of drug-likeness (QED) is 0.487. The van der Waals surface area contributed by atoms with Crippen LogP contribution in [0, 0.1) is 5.82 Å². The van der Waals surface area contributed by atoms with Crippen molar-refractivity contribution in [3.8, 4) is 22.5 Å². The molecule has 3 heterocycles. The zero-order chi connectivity index (χ0) is 20.9. The number of halogens is 2. The highest BCUT2D eigenvalue weighted by Crippen LogP contribution is 2.41. The summed E-state index contributed by atoms with van der Waals surface area (Å²) in [6.45, 7) is 3.57. The average molecular weight is 422 g/mol. The van der Waals surface area contributed by atoms with Gasteiger partial charge in [0.2, 0.25) is 0 Å². The number of aromatic amines is 1. The lowest BCUT2D eigenvalue weighted by atomic mass is 10.0. The van der Waals surface area contributed by atoms with Gasteiger partial charge in [-0.15, -0.1) is 0 Å². The molecule has 1 aliphatic heterocycles. The van der Waals surface area contributed by atoms with Crippen LogP contribution in [0.3, 0.4) is 0 Å². The van der Waals surface area contributed by atoms with Crippen molar-refractivity contribution in [2.45, 2.75) is 18.9 Å². The van der Waals surface area contributed by atoms with Crippen molar-refractivity contribution < 1.29 is 4.39 Å². The van der Waals surface area contributed by atoms with Crippen LogP contribution in [0.15, 0.2) is 54.9 Å². The molecule has 152 valence electrons. The molecule has 5 rings (SSSR count). The summed E-state index contributed by atoms with van der Waals surface area (Å²) >= 11 is 6.27. The summed E-state index contributed by atoms with van der Waals surface area (Å²) in [7, 11) is 0. The van der Waals surface area contributed by atoms with E-state index in [0.717, 1.165) is 35.3 Å². The molecule has 0 bridgehead atoms. The summed E-state index contributed by atoms with van der Waals surface area (Å²) in [5, 5.41) is 0.653. The van der Waals surface area contributed by atoms with E-state index in [4.69, 9.17) is 17.3 Å². The molecule has 2 aromatic heterocycles. The SMILES string of the molecule is CC1(N)CCN(c2c(-c3cccc(Cl)c3)cncc2-c2nc3c(F)cccc3[nH]2)C1. The molecule has 2 aromatic carbocycles. The van der Waals surface area contributed by atoms with Crippen LogP contribution in [-0.4, -0.2) is 33.6 Å². The van der Waals surface area contributed by atoms with Gasteiger partial charge < -0.3 is 15.6 Å². The van der Waals surface area contributed by atoms with Crippen LogP contribution in [0.2, 0.25) is 5.02 Å². The molecule has 0 aliphatic carbocycles. The van der Waals surface area contributed by atoms with Crippen LogP contribution in [0.25, 0.3) is 33.5 Å². The van der Waals surface area contributed by atoms with E-state index in [9.17, 15) is 4.39 Å². The van der Waals surface area contributed by atoms with Crippen molar-refractivity contribution in [1.29, 1.82) is 0 Å². The fourth-order valence-corrected chi connectivity index (χ4v) is 4.33. The standard InChI is InChI=1S/C23H21ClFN5/c1-23(26)8-9-30(13-23)21-16(14-4-2-5-15(24)10-14)11-27-12-17(21)22-28-19-7-3-6-18(25)20(19)29-22/h2-7,10-12H,8-9,13,26H2,1H3,(H,28,29). The summed E-state index contributed by atoms with van der Waals surface area (Å²) in [4.78, 5) is 14.5. The van der Waals surface area contributed by atoms with Crippen LogP contribution < -0.4 is 10.6 Å². The Balaban J connectivity index is 1.74. The number of pyridine rings is 1. The highest BCUT2D eigenvalue weighted by atomic mass is 35.5. The second-order valence-electron chi connectivity index (χ2n) is 8.14. The number of anilines is 1. The Morgan fingerprint density at radius 3 is 2.70 bits per heavy atom. The second kappa shape index (κ2) is 7.07. The minimum absolute atomic E-state index is 0.286. The third-order valence-corrected chi connectivity index (χ3v) is 5.83. The van der Waals surface area contributed by atoms with Gasteiger partial charge in [-0.25, -0.2) is 9.37 Å². The third kappa shape index (κ3) is 3.32. The summed E-state index contributed by atoms with van der Waals surface area (Å²) in [5.74, 6) is 0.221. The van der Waals surface area contributed by atoms with Gasteiger partial charge in [0.25, 0.3) is 0 Å². The van der Waals surface area contributed by atoms with Gasteiger partial charge in [0.15, 0.2) is 5.82 Å². The van der Waals surface area contributed by atoms with Gasteiger partial charge in [-0.2, -0.15) is 0 Å². The highest BCUT2D eigenvalue weighted by molar-refractivity contribution is 6.30. The molecule has 1 saturated heterocycles. The van der Waals surface area contributed by atoms with Gasteiger partial charge in [-0.3, -0.25) is 4.98 Å². The Morgan fingerprint density at radius 2 is 1.97 bits per heavy atom.